The number of hydrogen-bond acceptors (Lipinski definition) is 5. The highest BCUT2D eigenvalue weighted by molar-refractivity contribution is 5.80. The van der Waals surface area contributed by atoms with Crippen molar-refractivity contribution in [3.63, 3.8) is 0 Å². The van der Waals surface area contributed by atoms with Gasteiger partial charge in [-0.05, 0) is 48.4 Å². The van der Waals surface area contributed by atoms with Crippen LogP contribution >= 0.6 is 0 Å². The first-order chi connectivity index (χ1) is 14.6. The molecular formula is C22H22N4O4. The normalized spacial score (nSPS) is 11.0. The molecule has 0 aliphatic rings. The number of benzene rings is 1. The Kier molecular flexibility index (Phi) is 5.38. The van der Waals surface area contributed by atoms with E-state index in [9.17, 15) is 9.59 Å². The molecule has 1 N–H and O–H groups in total. The molecule has 0 spiro atoms. The molecule has 0 fully saturated rings. The number of carbonyl (C=O) groups excluding carboxylic acids is 1. The Labute approximate surface area is 172 Å². The summed E-state index contributed by atoms with van der Waals surface area (Å²) in [6.45, 7) is 0.335. The van der Waals surface area contributed by atoms with Gasteiger partial charge in [-0.1, -0.05) is 6.07 Å². The Morgan fingerprint density at radius 1 is 1.07 bits per heavy atom. The van der Waals surface area contributed by atoms with Gasteiger partial charge in [-0.15, -0.1) is 0 Å². The molecule has 0 aliphatic heterocycles. The molecular weight excluding hydrogens is 384 g/mol. The molecule has 3 aromatic heterocycles. The van der Waals surface area contributed by atoms with E-state index in [0.717, 1.165) is 11.1 Å². The van der Waals surface area contributed by atoms with Crippen LogP contribution in [-0.4, -0.2) is 40.6 Å². The Bertz CT molecular complexity index is 1280. The topological polar surface area (TPSA) is 86.9 Å². The lowest BCUT2D eigenvalue weighted by Gasteiger charge is -2.12. The van der Waals surface area contributed by atoms with Crippen LogP contribution in [0.2, 0.25) is 0 Å². The van der Waals surface area contributed by atoms with Crippen LogP contribution in [0.1, 0.15) is 5.56 Å². The summed E-state index contributed by atoms with van der Waals surface area (Å²) in [6, 6.07) is 12.9. The summed E-state index contributed by atoms with van der Waals surface area (Å²) in [6.07, 6.45) is 4.05. The number of pyridine rings is 1. The van der Waals surface area contributed by atoms with Crippen molar-refractivity contribution in [3.05, 3.63) is 70.8 Å². The summed E-state index contributed by atoms with van der Waals surface area (Å²) in [4.78, 5) is 29.7. The number of hydrogen-bond donors (Lipinski definition) is 1. The lowest BCUT2D eigenvalue weighted by atomic mass is 10.1. The van der Waals surface area contributed by atoms with Crippen LogP contribution < -0.4 is 20.3 Å². The summed E-state index contributed by atoms with van der Waals surface area (Å²) in [5.41, 5.74) is 2.51. The highest BCUT2D eigenvalue weighted by atomic mass is 16.5. The molecule has 154 valence electrons. The Morgan fingerprint density at radius 3 is 2.67 bits per heavy atom. The van der Waals surface area contributed by atoms with E-state index in [4.69, 9.17) is 9.47 Å². The summed E-state index contributed by atoms with van der Waals surface area (Å²) >= 11 is 0. The van der Waals surface area contributed by atoms with E-state index in [2.05, 4.69) is 10.3 Å². The molecule has 8 nitrogen and oxygen atoms in total. The van der Waals surface area contributed by atoms with E-state index < -0.39 is 0 Å². The number of fused-ring (bicyclic) bond motifs is 3. The highest BCUT2D eigenvalue weighted by Crippen LogP contribution is 2.27. The Morgan fingerprint density at radius 2 is 1.87 bits per heavy atom. The van der Waals surface area contributed by atoms with E-state index in [1.807, 2.05) is 30.5 Å². The van der Waals surface area contributed by atoms with Crippen molar-refractivity contribution >= 4 is 22.6 Å². The second-order valence-electron chi connectivity index (χ2n) is 6.79. The van der Waals surface area contributed by atoms with Crippen LogP contribution in [0.25, 0.3) is 16.7 Å². The zero-order valence-electron chi connectivity index (χ0n) is 16.8. The maximum atomic E-state index is 12.9. The maximum absolute atomic E-state index is 12.9. The molecule has 0 unspecified atom stereocenters. The van der Waals surface area contributed by atoms with Crippen molar-refractivity contribution in [3.8, 4) is 11.5 Å². The van der Waals surface area contributed by atoms with Gasteiger partial charge in [-0.3, -0.25) is 14.2 Å². The lowest BCUT2D eigenvalue weighted by molar-refractivity contribution is -0.121. The molecule has 4 rings (SSSR count). The smallest absolute Gasteiger partial charge is 0.276 e. The Balaban J connectivity index is 1.49. The van der Waals surface area contributed by atoms with Crippen molar-refractivity contribution in [2.45, 2.75) is 13.0 Å². The van der Waals surface area contributed by atoms with Crippen LogP contribution in [0.3, 0.4) is 0 Å². The molecule has 0 saturated carbocycles. The van der Waals surface area contributed by atoms with Crippen molar-refractivity contribution in [1.82, 2.24) is 19.3 Å². The van der Waals surface area contributed by atoms with E-state index in [-0.39, 0.29) is 18.0 Å². The second kappa shape index (κ2) is 8.28. The van der Waals surface area contributed by atoms with Crippen molar-refractivity contribution in [1.29, 1.82) is 0 Å². The molecule has 8 heteroatoms. The lowest BCUT2D eigenvalue weighted by Crippen LogP contribution is -2.34. The third kappa shape index (κ3) is 3.59. The minimum absolute atomic E-state index is 0.0973. The number of nitrogens with one attached hydrogen (secondary N) is 1. The standard InChI is InChI=1S/C22H22N4O4/c1-29-18-8-7-15(13-19(18)30-2)9-11-23-20(27)14-26-21-16(5-3-10-24-21)25-12-4-6-17(25)22(26)28/h3-8,10,12-13H,9,11,14H2,1-2H3,(H,23,27). The van der Waals surface area contributed by atoms with Crippen molar-refractivity contribution in [2.24, 2.45) is 0 Å². The second-order valence-corrected chi connectivity index (χ2v) is 6.79. The van der Waals surface area contributed by atoms with E-state index in [1.165, 1.54) is 4.57 Å². The first kappa shape index (κ1) is 19.5. The number of aromatic nitrogens is 3. The predicted octanol–water partition coefficient (Wildman–Crippen LogP) is 2.03. The zero-order valence-corrected chi connectivity index (χ0v) is 16.8. The first-order valence-corrected chi connectivity index (χ1v) is 9.54. The molecule has 0 bridgehead atoms. The van der Waals surface area contributed by atoms with Gasteiger partial charge in [0.1, 0.15) is 12.1 Å². The average molecular weight is 406 g/mol. The summed E-state index contributed by atoms with van der Waals surface area (Å²) in [7, 11) is 3.17. The quantitative estimate of drug-likeness (QED) is 0.508. The molecule has 0 radical (unpaired) electrons. The van der Waals surface area contributed by atoms with Gasteiger partial charge in [0.25, 0.3) is 5.56 Å². The fraction of sp³-hybridized carbons (Fsp3) is 0.227. The van der Waals surface area contributed by atoms with Crippen LogP contribution in [0, 0.1) is 0 Å². The minimum atomic E-state index is -0.250. The van der Waals surface area contributed by atoms with E-state index >= 15 is 0 Å². The van der Waals surface area contributed by atoms with Gasteiger partial charge in [0.05, 0.1) is 19.7 Å². The highest BCUT2D eigenvalue weighted by Gasteiger charge is 2.14. The molecule has 1 amide bonds. The summed E-state index contributed by atoms with van der Waals surface area (Å²) < 4.78 is 13.7. The first-order valence-electron chi connectivity index (χ1n) is 9.54. The third-order valence-electron chi connectivity index (χ3n) is 4.98. The molecule has 4 aromatic rings. The number of amides is 1. The molecule has 0 atom stereocenters. The molecule has 3 heterocycles. The minimum Gasteiger partial charge on any atom is -0.493 e. The number of methoxy groups -OCH3 is 2. The van der Waals surface area contributed by atoms with Crippen LogP contribution in [-0.2, 0) is 17.8 Å². The van der Waals surface area contributed by atoms with E-state index in [1.54, 1.807) is 43.0 Å². The fourth-order valence-electron chi connectivity index (χ4n) is 3.51. The van der Waals surface area contributed by atoms with Crippen molar-refractivity contribution in [2.75, 3.05) is 20.8 Å². The van der Waals surface area contributed by atoms with Gasteiger partial charge in [0, 0.05) is 18.9 Å². The summed E-state index contributed by atoms with van der Waals surface area (Å²) in [5, 5.41) is 2.87. The molecule has 0 saturated heterocycles. The average Bonchev–Trinajstić information content (AvgIpc) is 3.27. The summed E-state index contributed by atoms with van der Waals surface area (Å²) in [5.74, 6) is 1.05. The zero-order chi connectivity index (χ0) is 21.1. The van der Waals surface area contributed by atoms with Gasteiger partial charge in [0.2, 0.25) is 5.91 Å². The van der Waals surface area contributed by atoms with Gasteiger partial charge >= 0.3 is 0 Å². The van der Waals surface area contributed by atoms with E-state index in [0.29, 0.717) is 35.6 Å². The SMILES string of the molecule is COc1ccc(CCNC(=O)Cn2c(=O)c3cccn3c3cccnc32)cc1OC. The number of ether oxygens (including phenoxy) is 2. The fourth-order valence-corrected chi connectivity index (χ4v) is 3.51. The van der Waals surface area contributed by atoms with Crippen LogP contribution in [0.5, 0.6) is 11.5 Å². The number of nitrogens with zero attached hydrogens (tertiary/aromatic N) is 3. The maximum Gasteiger partial charge on any atom is 0.276 e. The largest absolute Gasteiger partial charge is 0.493 e. The van der Waals surface area contributed by atoms with Crippen LogP contribution in [0.15, 0.2) is 59.7 Å². The Hall–Kier alpha value is -3.81. The van der Waals surface area contributed by atoms with Gasteiger partial charge in [-0.25, -0.2) is 4.98 Å². The van der Waals surface area contributed by atoms with Gasteiger partial charge in [-0.2, -0.15) is 0 Å². The van der Waals surface area contributed by atoms with Crippen molar-refractivity contribution < 1.29 is 14.3 Å². The third-order valence-corrected chi connectivity index (χ3v) is 4.98. The molecule has 0 aliphatic carbocycles. The molecule has 30 heavy (non-hydrogen) atoms. The van der Waals surface area contributed by atoms with Crippen LogP contribution in [0.4, 0.5) is 0 Å². The van der Waals surface area contributed by atoms with Gasteiger partial charge < -0.3 is 19.2 Å². The van der Waals surface area contributed by atoms with Gasteiger partial charge in [0.15, 0.2) is 17.1 Å². The molecule has 1 aromatic carbocycles. The number of rotatable bonds is 7. The predicted molar refractivity (Wildman–Crippen MR) is 113 cm³/mol. The monoisotopic (exact) mass is 406 g/mol. The number of carbonyl (C=O) groups is 1.